The van der Waals surface area contributed by atoms with Crippen LogP contribution >= 0.6 is 0 Å². The number of aromatic carboxylic acids is 1. The second-order valence-corrected chi connectivity index (χ2v) is 4.24. The monoisotopic (exact) mass is 261 g/mol. The second kappa shape index (κ2) is 4.63. The van der Waals surface area contributed by atoms with E-state index in [9.17, 15) is 4.79 Å². The van der Waals surface area contributed by atoms with Gasteiger partial charge in [0.1, 0.15) is 12.2 Å². The average molecular weight is 261 g/mol. The number of hydrogen-bond donors (Lipinski definition) is 1. The topological polar surface area (TPSA) is 103 Å². The Morgan fingerprint density at radius 2 is 2.37 bits per heavy atom. The zero-order chi connectivity index (χ0) is 13.2. The highest BCUT2D eigenvalue weighted by Gasteiger charge is 2.28. The van der Waals surface area contributed by atoms with Crippen molar-refractivity contribution in [3.05, 3.63) is 29.8 Å². The molecule has 19 heavy (non-hydrogen) atoms. The largest absolute Gasteiger partial charge is 0.483 e. The quantitative estimate of drug-likeness (QED) is 0.843. The Balaban J connectivity index is 1.75. The van der Waals surface area contributed by atoms with E-state index in [0.29, 0.717) is 11.9 Å². The number of carboxylic acid groups (broad SMARTS) is 1. The lowest BCUT2D eigenvalue weighted by atomic mass is 10.2. The summed E-state index contributed by atoms with van der Waals surface area (Å²) in [6, 6.07) is 1.74. The highest BCUT2D eigenvalue weighted by Crippen LogP contribution is 2.34. The van der Waals surface area contributed by atoms with Crippen molar-refractivity contribution in [2.45, 2.75) is 25.5 Å². The fraction of sp³-hybridized carbons (Fsp3) is 0.364. The summed E-state index contributed by atoms with van der Waals surface area (Å²) in [6.45, 7) is 0.121. The van der Waals surface area contributed by atoms with E-state index < -0.39 is 5.97 Å². The number of rotatable bonds is 5. The standard InChI is InChI=1S/C11H11N5O3/c17-11(18)8-3-4-12-5-9(8)19-6-10-13-14-15-16(10)7-1-2-7/h3-5,7H,1-2,6H2,(H,17,18). The lowest BCUT2D eigenvalue weighted by molar-refractivity contribution is 0.0691. The number of ether oxygens (including phenoxy) is 1. The molecular weight excluding hydrogens is 250 g/mol. The lowest BCUT2D eigenvalue weighted by Gasteiger charge is -2.08. The molecule has 1 aliphatic carbocycles. The van der Waals surface area contributed by atoms with Crippen LogP contribution in [0, 0.1) is 0 Å². The Labute approximate surface area is 108 Å². The molecule has 2 aromatic heterocycles. The van der Waals surface area contributed by atoms with Gasteiger partial charge in [-0.1, -0.05) is 0 Å². The normalized spacial score (nSPS) is 14.3. The maximum atomic E-state index is 11.0. The number of nitrogens with zero attached hydrogens (tertiary/aromatic N) is 5. The van der Waals surface area contributed by atoms with E-state index in [2.05, 4.69) is 20.5 Å². The molecule has 0 spiro atoms. The van der Waals surface area contributed by atoms with Crippen molar-refractivity contribution in [2.75, 3.05) is 0 Å². The van der Waals surface area contributed by atoms with Crippen LogP contribution in [-0.2, 0) is 6.61 Å². The van der Waals surface area contributed by atoms with Gasteiger partial charge in [-0.15, -0.1) is 5.10 Å². The van der Waals surface area contributed by atoms with Gasteiger partial charge >= 0.3 is 5.97 Å². The Morgan fingerprint density at radius 3 is 3.11 bits per heavy atom. The van der Waals surface area contributed by atoms with E-state index >= 15 is 0 Å². The maximum Gasteiger partial charge on any atom is 0.339 e. The molecule has 2 aromatic rings. The van der Waals surface area contributed by atoms with Crippen molar-refractivity contribution < 1.29 is 14.6 Å². The molecule has 0 bridgehead atoms. The van der Waals surface area contributed by atoms with Gasteiger partial charge in [0.25, 0.3) is 0 Å². The van der Waals surface area contributed by atoms with Crippen molar-refractivity contribution >= 4 is 5.97 Å². The van der Waals surface area contributed by atoms with E-state index in [1.807, 2.05) is 0 Å². The van der Waals surface area contributed by atoms with E-state index in [4.69, 9.17) is 9.84 Å². The Bertz CT molecular complexity index is 608. The van der Waals surface area contributed by atoms with Gasteiger partial charge in [-0.05, 0) is 29.3 Å². The molecule has 8 nitrogen and oxygen atoms in total. The average Bonchev–Trinajstić information content (AvgIpc) is 3.15. The van der Waals surface area contributed by atoms with Crippen LogP contribution in [-0.4, -0.2) is 36.3 Å². The van der Waals surface area contributed by atoms with Crippen LogP contribution in [0.5, 0.6) is 5.75 Å². The minimum atomic E-state index is -1.06. The molecule has 1 N–H and O–H groups in total. The zero-order valence-electron chi connectivity index (χ0n) is 9.93. The third kappa shape index (κ3) is 2.37. The summed E-state index contributed by atoms with van der Waals surface area (Å²) in [6.07, 6.45) is 4.90. The van der Waals surface area contributed by atoms with Crippen molar-refractivity contribution in [1.82, 2.24) is 25.2 Å². The number of pyridine rings is 1. The molecule has 2 heterocycles. The number of tetrazole rings is 1. The SMILES string of the molecule is O=C(O)c1ccncc1OCc1nnnn1C1CC1. The first-order valence-electron chi connectivity index (χ1n) is 5.82. The fourth-order valence-electron chi connectivity index (χ4n) is 1.72. The molecular formula is C11H11N5O3. The molecule has 1 fully saturated rings. The molecule has 0 radical (unpaired) electrons. The summed E-state index contributed by atoms with van der Waals surface area (Å²) in [5.41, 5.74) is 0.0699. The van der Waals surface area contributed by atoms with E-state index in [0.717, 1.165) is 12.8 Å². The third-order valence-corrected chi connectivity index (χ3v) is 2.83. The van der Waals surface area contributed by atoms with Gasteiger partial charge in [0.2, 0.25) is 0 Å². The van der Waals surface area contributed by atoms with Gasteiger partial charge in [0.15, 0.2) is 11.6 Å². The second-order valence-electron chi connectivity index (χ2n) is 4.24. The van der Waals surface area contributed by atoms with E-state index in [-0.39, 0.29) is 17.9 Å². The summed E-state index contributed by atoms with van der Waals surface area (Å²) in [7, 11) is 0. The van der Waals surface area contributed by atoms with Crippen LogP contribution in [0.2, 0.25) is 0 Å². The summed E-state index contributed by atoms with van der Waals surface area (Å²) < 4.78 is 7.17. The predicted octanol–water partition coefficient (Wildman–Crippen LogP) is 0.680. The van der Waals surface area contributed by atoms with Crippen LogP contribution in [0.15, 0.2) is 18.5 Å². The third-order valence-electron chi connectivity index (χ3n) is 2.83. The van der Waals surface area contributed by atoms with Gasteiger partial charge in [-0.25, -0.2) is 9.48 Å². The molecule has 0 saturated heterocycles. The molecule has 1 saturated carbocycles. The van der Waals surface area contributed by atoms with Crippen molar-refractivity contribution in [1.29, 1.82) is 0 Å². The van der Waals surface area contributed by atoms with Crippen LogP contribution in [0.1, 0.15) is 35.1 Å². The van der Waals surface area contributed by atoms with Crippen LogP contribution in [0.25, 0.3) is 0 Å². The first kappa shape index (κ1) is 11.6. The number of aromatic nitrogens is 5. The number of hydrogen-bond acceptors (Lipinski definition) is 6. The smallest absolute Gasteiger partial charge is 0.339 e. The first-order valence-corrected chi connectivity index (χ1v) is 5.82. The molecule has 0 aliphatic heterocycles. The summed E-state index contributed by atoms with van der Waals surface area (Å²) >= 11 is 0. The molecule has 98 valence electrons. The first-order chi connectivity index (χ1) is 9.25. The van der Waals surface area contributed by atoms with Gasteiger partial charge in [-0.3, -0.25) is 4.98 Å². The molecule has 0 amide bonds. The molecule has 3 rings (SSSR count). The van der Waals surface area contributed by atoms with Crippen LogP contribution in [0.3, 0.4) is 0 Å². The summed E-state index contributed by atoms with van der Waals surface area (Å²) in [5, 5.41) is 20.4. The maximum absolute atomic E-state index is 11.0. The van der Waals surface area contributed by atoms with E-state index in [1.165, 1.54) is 18.5 Å². The molecule has 0 aromatic carbocycles. The number of carbonyl (C=O) groups is 1. The Hall–Kier alpha value is -2.51. The fourth-order valence-corrected chi connectivity index (χ4v) is 1.72. The van der Waals surface area contributed by atoms with E-state index in [1.54, 1.807) is 4.68 Å². The Kier molecular flexibility index (Phi) is 2.82. The van der Waals surface area contributed by atoms with Crippen molar-refractivity contribution in [2.24, 2.45) is 0 Å². The number of carboxylic acids is 1. The highest BCUT2D eigenvalue weighted by atomic mass is 16.5. The predicted molar refractivity (Wildman–Crippen MR) is 61.6 cm³/mol. The summed E-state index contributed by atoms with van der Waals surface area (Å²) in [4.78, 5) is 14.9. The van der Waals surface area contributed by atoms with Gasteiger partial charge in [-0.2, -0.15) is 0 Å². The molecule has 0 unspecified atom stereocenters. The highest BCUT2D eigenvalue weighted by molar-refractivity contribution is 5.90. The van der Waals surface area contributed by atoms with Crippen molar-refractivity contribution in [3.63, 3.8) is 0 Å². The lowest BCUT2D eigenvalue weighted by Crippen LogP contribution is -2.09. The zero-order valence-corrected chi connectivity index (χ0v) is 9.93. The molecule has 0 atom stereocenters. The Morgan fingerprint density at radius 1 is 1.53 bits per heavy atom. The van der Waals surface area contributed by atoms with Gasteiger partial charge in [0, 0.05) is 6.20 Å². The minimum absolute atomic E-state index is 0.0699. The van der Waals surface area contributed by atoms with Crippen LogP contribution < -0.4 is 4.74 Å². The van der Waals surface area contributed by atoms with Crippen molar-refractivity contribution in [3.8, 4) is 5.75 Å². The van der Waals surface area contributed by atoms with Crippen LogP contribution in [0.4, 0.5) is 0 Å². The van der Waals surface area contributed by atoms with Gasteiger partial charge in [0.05, 0.1) is 12.2 Å². The molecule has 1 aliphatic rings. The molecule has 8 heteroatoms. The minimum Gasteiger partial charge on any atom is -0.483 e. The van der Waals surface area contributed by atoms with Gasteiger partial charge < -0.3 is 9.84 Å². The summed E-state index contributed by atoms with van der Waals surface area (Å²) in [5.74, 6) is -0.262.